The second-order valence-electron chi connectivity index (χ2n) is 6.50. The molecule has 4 heteroatoms. The first-order valence-corrected chi connectivity index (χ1v) is 8.18. The highest BCUT2D eigenvalue weighted by Crippen LogP contribution is 2.26. The Morgan fingerprint density at radius 3 is 2.04 bits per heavy atom. The van der Waals surface area contributed by atoms with Crippen LogP contribution in [0.15, 0.2) is 60.7 Å². The molecule has 1 atom stereocenters. The fraction of sp³-hybridized carbons (Fsp3) is 0.350. The fourth-order valence-electron chi connectivity index (χ4n) is 2.59. The molecule has 0 aliphatic heterocycles. The largest absolute Gasteiger partial charge is 0.385 e. The van der Waals surface area contributed by atoms with Crippen molar-refractivity contribution in [3.05, 3.63) is 66.2 Å². The fourth-order valence-corrected chi connectivity index (χ4v) is 2.59. The van der Waals surface area contributed by atoms with Crippen LogP contribution in [0.1, 0.15) is 18.9 Å². The molecule has 1 N–H and O–H groups in total. The molecule has 0 bridgehead atoms. The van der Waals surface area contributed by atoms with Gasteiger partial charge in [0, 0.05) is 18.8 Å². The van der Waals surface area contributed by atoms with E-state index in [1.54, 1.807) is 11.8 Å². The van der Waals surface area contributed by atoms with Crippen LogP contribution < -0.4 is 4.90 Å². The molecule has 0 radical (unpaired) electrons. The van der Waals surface area contributed by atoms with Gasteiger partial charge in [-0.15, -0.1) is 0 Å². The van der Waals surface area contributed by atoms with Crippen molar-refractivity contribution in [1.82, 2.24) is 4.90 Å². The summed E-state index contributed by atoms with van der Waals surface area (Å²) >= 11 is 0. The van der Waals surface area contributed by atoms with Crippen molar-refractivity contribution in [3.8, 4) is 0 Å². The van der Waals surface area contributed by atoms with Crippen molar-refractivity contribution in [1.29, 1.82) is 0 Å². The molecule has 0 fully saturated rings. The van der Waals surface area contributed by atoms with Crippen molar-refractivity contribution in [3.63, 3.8) is 0 Å². The van der Waals surface area contributed by atoms with Crippen molar-refractivity contribution in [2.45, 2.75) is 18.9 Å². The summed E-state index contributed by atoms with van der Waals surface area (Å²) in [6, 6.07) is 18.9. The summed E-state index contributed by atoms with van der Waals surface area (Å²) in [5, 5.41) is 10.8. The summed E-state index contributed by atoms with van der Waals surface area (Å²) < 4.78 is 0. The number of likely N-dealkylation sites (N-methyl/N-ethyl adjacent to an activating group) is 1. The van der Waals surface area contributed by atoms with E-state index in [4.69, 9.17) is 0 Å². The van der Waals surface area contributed by atoms with E-state index < -0.39 is 5.60 Å². The number of aliphatic hydroxyl groups is 1. The Hall–Kier alpha value is -2.17. The number of carbonyl (C=O) groups excluding carboxylic acids is 1. The lowest BCUT2D eigenvalue weighted by Crippen LogP contribution is -2.40. The van der Waals surface area contributed by atoms with Gasteiger partial charge in [0.05, 0.1) is 12.0 Å². The number of nitrogens with zero attached hydrogens (tertiary/aromatic N) is 2. The SMILES string of the molecule is CN(C)CCN(C(=O)CC(C)(O)c1ccccc1)c1ccccc1. The van der Waals surface area contributed by atoms with Crippen LogP contribution in [-0.4, -0.2) is 43.1 Å². The van der Waals surface area contributed by atoms with E-state index in [0.717, 1.165) is 17.8 Å². The summed E-state index contributed by atoms with van der Waals surface area (Å²) in [5.74, 6) is -0.0862. The molecule has 24 heavy (non-hydrogen) atoms. The van der Waals surface area contributed by atoms with E-state index in [1.165, 1.54) is 0 Å². The number of amides is 1. The first kappa shape index (κ1) is 18.2. The number of carbonyl (C=O) groups is 1. The molecule has 0 spiro atoms. The predicted molar refractivity (Wildman–Crippen MR) is 98.0 cm³/mol. The lowest BCUT2D eigenvalue weighted by atomic mass is 9.92. The molecule has 2 aromatic carbocycles. The first-order chi connectivity index (χ1) is 11.4. The van der Waals surface area contributed by atoms with Gasteiger partial charge in [-0.1, -0.05) is 48.5 Å². The molecular weight excluding hydrogens is 300 g/mol. The molecule has 4 nitrogen and oxygen atoms in total. The van der Waals surface area contributed by atoms with Crippen LogP contribution in [0.2, 0.25) is 0 Å². The van der Waals surface area contributed by atoms with Crippen LogP contribution in [-0.2, 0) is 10.4 Å². The van der Waals surface area contributed by atoms with Gasteiger partial charge < -0.3 is 14.9 Å². The number of hydrogen-bond acceptors (Lipinski definition) is 3. The third-order valence-corrected chi connectivity index (χ3v) is 4.03. The number of hydrogen-bond donors (Lipinski definition) is 1. The molecule has 0 heterocycles. The average molecular weight is 326 g/mol. The van der Waals surface area contributed by atoms with Gasteiger partial charge in [-0.3, -0.25) is 4.79 Å². The van der Waals surface area contributed by atoms with Crippen LogP contribution >= 0.6 is 0 Å². The van der Waals surface area contributed by atoms with Crippen molar-refractivity contribution >= 4 is 11.6 Å². The molecule has 1 amide bonds. The van der Waals surface area contributed by atoms with Crippen LogP contribution in [0.25, 0.3) is 0 Å². The van der Waals surface area contributed by atoms with Crippen molar-refractivity contribution < 1.29 is 9.90 Å². The Balaban J connectivity index is 2.18. The van der Waals surface area contributed by atoms with Gasteiger partial charge in [0.25, 0.3) is 0 Å². The van der Waals surface area contributed by atoms with Gasteiger partial charge in [0.2, 0.25) is 5.91 Å². The summed E-state index contributed by atoms with van der Waals surface area (Å²) in [5.41, 5.74) is 0.413. The van der Waals surface area contributed by atoms with Gasteiger partial charge >= 0.3 is 0 Å². The molecule has 0 aliphatic carbocycles. The zero-order valence-corrected chi connectivity index (χ0v) is 14.6. The minimum Gasteiger partial charge on any atom is -0.385 e. The average Bonchev–Trinajstić information content (AvgIpc) is 2.56. The quantitative estimate of drug-likeness (QED) is 0.851. The Kier molecular flexibility index (Phi) is 6.12. The number of rotatable bonds is 7. The van der Waals surface area contributed by atoms with Crippen molar-refractivity contribution in [2.24, 2.45) is 0 Å². The second-order valence-corrected chi connectivity index (χ2v) is 6.50. The summed E-state index contributed by atoms with van der Waals surface area (Å²) in [7, 11) is 3.96. The summed E-state index contributed by atoms with van der Waals surface area (Å²) in [6.07, 6.45) is 0.0410. The lowest BCUT2D eigenvalue weighted by molar-refractivity contribution is -0.123. The summed E-state index contributed by atoms with van der Waals surface area (Å²) in [4.78, 5) is 16.7. The molecule has 0 saturated heterocycles. The van der Waals surface area contributed by atoms with Gasteiger partial charge in [-0.25, -0.2) is 0 Å². The first-order valence-electron chi connectivity index (χ1n) is 8.18. The second kappa shape index (κ2) is 8.08. The molecule has 0 saturated carbocycles. The van der Waals surface area contributed by atoms with E-state index in [9.17, 15) is 9.90 Å². The zero-order chi connectivity index (χ0) is 17.6. The zero-order valence-electron chi connectivity index (χ0n) is 14.6. The van der Waals surface area contributed by atoms with Crippen LogP contribution in [0.4, 0.5) is 5.69 Å². The van der Waals surface area contributed by atoms with Crippen molar-refractivity contribution in [2.75, 3.05) is 32.1 Å². The van der Waals surface area contributed by atoms with Crippen LogP contribution in [0, 0.1) is 0 Å². The topological polar surface area (TPSA) is 43.8 Å². The number of anilines is 1. The van der Waals surface area contributed by atoms with E-state index in [2.05, 4.69) is 0 Å². The monoisotopic (exact) mass is 326 g/mol. The summed E-state index contributed by atoms with van der Waals surface area (Å²) in [6.45, 7) is 3.03. The van der Waals surface area contributed by atoms with E-state index in [0.29, 0.717) is 6.54 Å². The molecule has 1 unspecified atom stereocenters. The van der Waals surface area contributed by atoms with E-state index >= 15 is 0 Å². The highest BCUT2D eigenvalue weighted by atomic mass is 16.3. The normalized spacial score (nSPS) is 13.5. The van der Waals surface area contributed by atoms with Crippen LogP contribution in [0.5, 0.6) is 0 Å². The number of para-hydroxylation sites is 1. The third-order valence-electron chi connectivity index (χ3n) is 4.03. The Morgan fingerprint density at radius 2 is 1.50 bits per heavy atom. The highest BCUT2D eigenvalue weighted by molar-refractivity contribution is 5.94. The predicted octanol–water partition coefficient (Wildman–Crippen LogP) is 2.88. The maximum absolute atomic E-state index is 12.9. The molecule has 128 valence electrons. The minimum atomic E-state index is -1.19. The van der Waals surface area contributed by atoms with Gasteiger partial charge in [-0.05, 0) is 38.7 Å². The lowest BCUT2D eigenvalue weighted by Gasteiger charge is -2.29. The Bertz CT molecular complexity index is 639. The Labute approximate surface area is 144 Å². The molecule has 2 rings (SSSR count). The molecule has 2 aromatic rings. The maximum atomic E-state index is 12.9. The van der Waals surface area contributed by atoms with Crippen LogP contribution in [0.3, 0.4) is 0 Å². The molecule has 0 aromatic heterocycles. The number of benzene rings is 2. The maximum Gasteiger partial charge on any atom is 0.230 e. The Morgan fingerprint density at radius 1 is 0.958 bits per heavy atom. The van der Waals surface area contributed by atoms with E-state index in [-0.39, 0.29) is 12.3 Å². The molecular formula is C20H26N2O2. The third kappa shape index (κ3) is 4.91. The van der Waals surface area contributed by atoms with Gasteiger partial charge in [0.1, 0.15) is 0 Å². The van der Waals surface area contributed by atoms with E-state index in [1.807, 2.05) is 79.7 Å². The highest BCUT2D eigenvalue weighted by Gasteiger charge is 2.29. The smallest absolute Gasteiger partial charge is 0.230 e. The standard InChI is InChI=1S/C20H26N2O2/c1-20(24,17-10-6-4-7-11-17)16-19(23)22(15-14-21(2)3)18-12-8-5-9-13-18/h4-13,24H,14-16H2,1-3H3. The molecule has 0 aliphatic rings. The van der Waals surface area contributed by atoms with Gasteiger partial charge in [-0.2, -0.15) is 0 Å². The minimum absolute atomic E-state index is 0.0410. The van der Waals surface area contributed by atoms with Gasteiger partial charge in [0.15, 0.2) is 0 Å².